The lowest BCUT2D eigenvalue weighted by Gasteiger charge is -2.22. The average Bonchev–Trinajstić information content (AvgIpc) is 3.38. The predicted molar refractivity (Wildman–Crippen MR) is 123 cm³/mol. The molecule has 37 heavy (non-hydrogen) atoms. The summed E-state index contributed by atoms with van der Waals surface area (Å²) < 4.78 is 38.8. The highest BCUT2D eigenvalue weighted by atomic mass is 19.4. The fourth-order valence-electron chi connectivity index (χ4n) is 4.63. The second-order valence-corrected chi connectivity index (χ2v) is 9.23. The lowest BCUT2D eigenvalue weighted by Crippen LogP contribution is -2.34. The van der Waals surface area contributed by atoms with Crippen molar-refractivity contribution in [2.75, 3.05) is 26.2 Å². The van der Waals surface area contributed by atoms with Crippen molar-refractivity contribution in [1.29, 1.82) is 0 Å². The summed E-state index contributed by atoms with van der Waals surface area (Å²) in [6, 6.07) is 3.97. The fraction of sp³-hybridized carbons (Fsp3) is 0.478. The van der Waals surface area contributed by atoms with E-state index in [2.05, 4.69) is 19.9 Å². The van der Waals surface area contributed by atoms with E-state index in [9.17, 15) is 27.6 Å². The fourth-order valence-corrected chi connectivity index (χ4v) is 4.63. The van der Waals surface area contributed by atoms with Gasteiger partial charge in [-0.25, -0.2) is 14.6 Å². The van der Waals surface area contributed by atoms with Crippen molar-refractivity contribution in [1.82, 2.24) is 24.4 Å². The van der Waals surface area contributed by atoms with Crippen molar-refractivity contribution in [3.8, 4) is 11.5 Å². The first-order valence-electron chi connectivity index (χ1n) is 11.4. The molecule has 0 aromatic heterocycles. The zero-order chi connectivity index (χ0) is 27.1. The van der Waals surface area contributed by atoms with E-state index in [-0.39, 0.29) is 22.9 Å². The van der Waals surface area contributed by atoms with Crippen LogP contribution in [-0.4, -0.2) is 73.9 Å². The molecule has 4 aliphatic heterocycles. The number of carboxylic acids is 1. The molecule has 0 aliphatic carbocycles. The average molecular weight is 523 g/mol. The lowest BCUT2D eigenvalue weighted by atomic mass is 9.86. The van der Waals surface area contributed by atoms with Crippen LogP contribution in [0.4, 0.5) is 13.2 Å². The number of hydrogen-bond acceptors (Lipinski definition) is 8. The van der Waals surface area contributed by atoms with Gasteiger partial charge in [-0.1, -0.05) is 0 Å². The van der Waals surface area contributed by atoms with Gasteiger partial charge in [-0.15, -0.1) is 0 Å². The number of aliphatic carboxylic acids is 1. The molecule has 4 aliphatic rings. The molecule has 1 aromatic rings. The summed E-state index contributed by atoms with van der Waals surface area (Å²) in [5.74, 6) is -2.56. The third-order valence-corrected chi connectivity index (χ3v) is 6.79. The molecular weight excluding hydrogens is 499 g/mol. The molecule has 5 rings (SSSR count). The van der Waals surface area contributed by atoms with E-state index in [1.807, 2.05) is 30.5 Å². The molecule has 1 unspecified atom stereocenters. The first-order valence-corrected chi connectivity index (χ1v) is 11.4. The highest BCUT2D eigenvalue weighted by Crippen LogP contribution is 2.39. The molecule has 0 bridgehead atoms. The summed E-state index contributed by atoms with van der Waals surface area (Å²) in [6.07, 6.45) is -3.51. The number of rotatable bonds is 3. The largest absolute Gasteiger partial charge is 0.490 e. The smallest absolute Gasteiger partial charge is 0.475 e. The van der Waals surface area contributed by atoms with Gasteiger partial charge in [0, 0.05) is 19.6 Å². The minimum absolute atomic E-state index is 0.0900. The topological polar surface area (TPSA) is 147 Å². The molecule has 2 N–H and O–H groups in total. The van der Waals surface area contributed by atoms with Gasteiger partial charge >= 0.3 is 23.8 Å². The van der Waals surface area contributed by atoms with Crippen molar-refractivity contribution in [3.05, 3.63) is 44.1 Å². The molecule has 4 heterocycles. The molecule has 11 nitrogen and oxygen atoms in total. The van der Waals surface area contributed by atoms with Crippen molar-refractivity contribution in [3.63, 3.8) is 0 Å². The van der Waals surface area contributed by atoms with E-state index in [1.165, 1.54) is 0 Å². The van der Waals surface area contributed by atoms with E-state index in [4.69, 9.17) is 14.6 Å². The SMILES string of the molecule is Cc1cc2nc3c(=O)[nH]c(=O)nc-3n(CCN3CCC4(CCOC4=O)C3)c2cc1C.O=C(O)C(F)(F)F. The molecule has 14 heteroatoms. The van der Waals surface area contributed by atoms with Crippen LogP contribution >= 0.6 is 0 Å². The van der Waals surface area contributed by atoms with Crippen molar-refractivity contribution >= 4 is 23.0 Å². The Balaban J connectivity index is 0.000000405. The van der Waals surface area contributed by atoms with Crippen LogP contribution in [0.25, 0.3) is 22.6 Å². The summed E-state index contributed by atoms with van der Waals surface area (Å²) in [7, 11) is 0. The summed E-state index contributed by atoms with van der Waals surface area (Å²) in [5, 5.41) is 7.12. The lowest BCUT2D eigenvalue weighted by molar-refractivity contribution is -0.192. The Hall–Kier alpha value is -3.81. The van der Waals surface area contributed by atoms with Crippen molar-refractivity contribution in [2.45, 2.75) is 39.4 Å². The molecule has 198 valence electrons. The Labute approximate surface area is 207 Å². The number of nitrogens with zero attached hydrogens (tertiary/aromatic N) is 4. The number of cyclic esters (lactones) is 1. The minimum Gasteiger partial charge on any atom is -0.475 e. The maximum absolute atomic E-state index is 12.4. The van der Waals surface area contributed by atoms with Crippen molar-refractivity contribution in [2.24, 2.45) is 5.41 Å². The Morgan fingerprint density at radius 1 is 1.14 bits per heavy atom. The first-order chi connectivity index (χ1) is 17.3. The highest BCUT2D eigenvalue weighted by molar-refractivity contribution is 5.81. The van der Waals surface area contributed by atoms with Gasteiger partial charge in [0.2, 0.25) is 0 Å². The van der Waals surface area contributed by atoms with Crippen molar-refractivity contribution < 1.29 is 32.6 Å². The highest BCUT2D eigenvalue weighted by Gasteiger charge is 2.49. The van der Waals surface area contributed by atoms with Gasteiger partial charge in [-0.2, -0.15) is 18.2 Å². The summed E-state index contributed by atoms with van der Waals surface area (Å²) in [6.45, 7) is 7.20. The monoisotopic (exact) mass is 523 g/mol. The number of hydrogen-bond donors (Lipinski definition) is 2. The van der Waals surface area contributed by atoms with Crippen LogP contribution in [0.15, 0.2) is 21.7 Å². The number of carboxylic acid groups (broad SMARTS) is 1. The number of aromatic nitrogens is 4. The molecule has 0 amide bonds. The Bertz CT molecular complexity index is 1470. The molecule has 1 atom stereocenters. The number of esters is 1. The molecule has 1 aromatic carbocycles. The predicted octanol–water partition coefficient (Wildman–Crippen LogP) is 1.47. The Kier molecular flexibility index (Phi) is 6.79. The van der Waals surface area contributed by atoms with Gasteiger partial charge in [0.25, 0.3) is 5.56 Å². The van der Waals surface area contributed by atoms with E-state index < -0.39 is 23.4 Å². The number of ether oxygens (including phenoxy) is 1. The van der Waals surface area contributed by atoms with E-state index >= 15 is 0 Å². The van der Waals surface area contributed by atoms with E-state index in [1.54, 1.807) is 0 Å². The molecule has 1 spiro atoms. The third-order valence-electron chi connectivity index (χ3n) is 6.79. The molecule has 2 saturated heterocycles. The van der Waals surface area contributed by atoms with Crippen LogP contribution in [0.1, 0.15) is 24.0 Å². The minimum atomic E-state index is -5.08. The van der Waals surface area contributed by atoms with Crippen LogP contribution in [0, 0.1) is 19.3 Å². The number of likely N-dealkylation sites (tertiary alicyclic amines) is 1. The number of halogens is 3. The van der Waals surface area contributed by atoms with E-state index in [0.29, 0.717) is 31.8 Å². The van der Waals surface area contributed by atoms with E-state index in [0.717, 1.165) is 36.0 Å². The molecular formula is C23H24F3N5O6. The van der Waals surface area contributed by atoms with Gasteiger partial charge in [0.15, 0.2) is 11.5 Å². The second-order valence-electron chi connectivity index (χ2n) is 9.23. The number of carbonyl (C=O) groups is 2. The van der Waals surface area contributed by atoms with Crippen LogP contribution in [0.5, 0.6) is 0 Å². The van der Waals surface area contributed by atoms with Crippen LogP contribution in [-0.2, 0) is 20.9 Å². The van der Waals surface area contributed by atoms with Gasteiger partial charge in [-0.05, 0) is 56.5 Å². The number of carbonyl (C=O) groups excluding carboxylic acids is 1. The summed E-state index contributed by atoms with van der Waals surface area (Å²) in [4.78, 5) is 58.4. The standard InChI is InChI=1S/C21H23N5O4.C2HF3O2/c1-12-9-14-15(10-13(12)2)26(17-16(22-14)18(27)24-20(29)23-17)7-6-25-5-3-21(11-25)4-8-30-19(21)28;3-2(4,5)1(6)7/h9-10H,3-8,11H2,1-2H3,(H,24,27,29);(H,6,7). The van der Waals surface area contributed by atoms with Crippen LogP contribution < -0.4 is 11.2 Å². The maximum atomic E-state index is 12.4. The van der Waals surface area contributed by atoms with Crippen LogP contribution in [0.3, 0.4) is 0 Å². The number of H-pyrrole nitrogens is 1. The van der Waals surface area contributed by atoms with Gasteiger partial charge in [-0.3, -0.25) is 14.6 Å². The number of benzene rings is 1. The summed E-state index contributed by atoms with van der Waals surface area (Å²) in [5.41, 5.74) is 2.25. The number of fused-ring (bicyclic) bond motifs is 2. The molecule has 2 fully saturated rings. The molecule has 0 saturated carbocycles. The maximum Gasteiger partial charge on any atom is 0.490 e. The molecule has 0 radical (unpaired) electrons. The van der Waals surface area contributed by atoms with Crippen LogP contribution in [0.2, 0.25) is 0 Å². The summed E-state index contributed by atoms with van der Waals surface area (Å²) >= 11 is 0. The number of aromatic amines is 1. The second kappa shape index (κ2) is 9.57. The Morgan fingerprint density at radius 2 is 1.81 bits per heavy atom. The van der Waals surface area contributed by atoms with Gasteiger partial charge < -0.3 is 19.3 Å². The van der Waals surface area contributed by atoms with Gasteiger partial charge in [0.05, 0.1) is 23.1 Å². The number of aryl methyl sites for hydroxylation is 2. The number of alkyl halides is 3. The zero-order valence-corrected chi connectivity index (χ0v) is 20.0. The quantitative estimate of drug-likeness (QED) is 0.385. The normalized spacial score (nSPS) is 19.9. The zero-order valence-electron chi connectivity index (χ0n) is 20.0. The third kappa shape index (κ3) is 5.19. The van der Waals surface area contributed by atoms with Gasteiger partial charge in [0.1, 0.15) is 0 Å². The first kappa shape index (κ1) is 26.3. The number of nitrogens with one attached hydrogen (secondary N) is 1. The Morgan fingerprint density at radius 3 is 2.43 bits per heavy atom.